The first-order chi connectivity index (χ1) is 27.5. The normalized spacial score (nSPS) is 11.7. The van der Waals surface area contributed by atoms with Gasteiger partial charge in [-0.3, -0.25) is 24.5 Å². The summed E-state index contributed by atoms with van der Waals surface area (Å²) >= 11 is 0. The lowest BCUT2D eigenvalue weighted by Gasteiger charge is -2.07. The fourth-order valence-electron chi connectivity index (χ4n) is 5.05. The topological polar surface area (TPSA) is 353 Å². The number of nitro benzene ring substituents is 1. The number of nitriles is 1. The molecule has 23 nitrogen and oxygen atoms in total. The van der Waals surface area contributed by atoms with Crippen molar-refractivity contribution in [2.75, 3.05) is 0 Å². The lowest BCUT2D eigenvalue weighted by Crippen LogP contribution is -2.20. The summed E-state index contributed by atoms with van der Waals surface area (Å²) < 4.78 is 12.5. The maximum atomic E-state index is 12.5. The molecule has 1 aliphatic rings. The van der Waals surface area contributed by atoms with E-state index >= 15 is 0 Å². The van der Waals surface area contributed by atoms with E-state index in [9.17, 15) is 28.9 Å². The Kier molecular flexibility index (Phi) is 13.7. The van der Waals surface area contributed by atoms with Gasteiger partial charge >= 0.3 is 0 Å². The van der Waals surface area contributed by atoms with Crippen LogP contribution in [0.4, 0.5) is 10.1 Å². The predicted molar refractivity (Wildman–Crippen MR) is 200 cm³/mol. The Labute approximate surface area is 327 Å². The molecular weight excluding hydrogens is 759 g/mol. The molecule has 3 amide bonds. The molecule has 0 saturated heterocycles. The summed E-state index contributed by atoms with van der Waals surface area (Å²) in [6, 6.07) is 17.1. The van der Waals surface area contributed by atoms with Gasteiger partial charge in [0, 0.05) is 41.3 Å². The van der Waals surface area contributed by atoms with Crippen LogP contribution >= 0.6 is 0 Å². The number of nitro groups is 1. The van der Waals surface area contributed by atoms with Crippen LogP contribution in [0.15, 0.2) is 66.4 Å². The van der Waals surface area contributed by atoms with Gasteiger partial charge in [-0.1, -0.05) is 25.1 Å². The molecule has 8 N–H and O–H groups in total. The first-order valence-corrected chi connectivity index (χ1v) is 16.7. The maximum absolute atomic E-state index is 12.5. The molecule has 1 unspecified atom stereocenters. The van der Waals surface area contributed by atoms with Gasteiger partial charge in [0.15, 0.2) is 5.92 Å². The second-order valence-corrected chi connectivity index (χ2v) is 11.9. The molecule has 7 rings (SSSR count). The molecule has 0 saturated carbocycles. The quantitative estimate of drug-likeness (QED) is 0.119. The van der Waals surface area contributed by atoms with Crippen LogP contribution in [0.2, 0.25) is 0 Å². The molecule has 3 aromatic heterocycles. The van der Waals surface area contributed by atoms with E-state index in [-0.39, 0.29) is 23.1 Å². The highest BCUT2D eigenvalue weighted by molar-refractivity contribution is 6.21. The summed E-state index contributed by atoms with van der Waals surface area (Å²) in [4.78, 5) is 46.6. The van der Waals surface area contributed by atoms with Crippen LogP contribution in [-0.2, 0) is 41.9 Å². The molecule has 0 bridgehead atoms. The fraction of sp³-hybridized carbons (Fsp3) is 0.206. The summed E-state index contributed by atoms with van der Waals surface area (Å²) in [6.07, 6.45) is 0.960. The molecule has 298 valence electrons. The average molecular weight is 795 g/mol. The minimum atomic E-state index is -1.39. The van der Waals surface area contributed by atoms with Crippen molar-refractivity contribution in [2.24, 2.45) is 44.1 Å². The molecule has 24 heteroatoms. The third kappa shape index (κ3) is 10.7. The SMILES string of the molecule is CCC(N)=O.Cn1nnc(-c2ccc(C(C#N)C(N)=O)c([N+](=O)[O-])c2)n1.Cn1nnc(-c2ccc(F)cc2)n1.Cn1nnc(-c2ccc3c(c2)CC(N)=C3C(N)=O)n1. The first kappa shape index (κ1) is 42.4. The van der Waals surface area contributed by atoms with Gasteiger partial charge in [-0.05, 0) is 63.2 Å². The maximum Gasteiger partial charge on any atom is 0.275 e. The number of tetrazole rings is 3. The van der Waals surface area contributed by atoms with Crippen LogP contribution < -0.4 is 22.9 Å². The molecule has 3 heterocycles. The van der Waals surface area contributed by atoms with E-state index in [4.69, 9.17) is 22.5 Å². The number of aryl methyl sites for hydroxylation is 3. The first-order valence-electron chi connectivity index (χ1n) is 16.7. The average Bonchev–Trinajstić information content (AvgIpc) is 3.99. The molecule has 3 aromatic carbocycles. The second kappa shape index (κ2) is 18.8. The Balaban J connectivity index is 0.000000185. The van der Waals surface area contributed by atoms with E-state index in [1.165, 1.54) is 44.7 Å². The van der Waals surface area contributed by atoms with Crippen LogP contribution in [0.25, 0.3) is 39.7 Å². The van der Waals surface area contributed by atoms with Crippen LogP contribution in [0.1, 0.15) is 36.0 Å². The molecule has 0 aliphatic heterocycles. The minimum Gasteiger partial charge on any atom is -0.401 e. The Bertz CT molecular complexity index is 2540. The van der Waals surface area contributed by atoms with Gasteiger partial charge in [0.2, 0.25) is 29.3 Å². The number of aromatic nitrogens is 12. The molecule has 1 atom stereocenters. The molecule has 6 aromatic rings. The largest absolute Gasteiger partial charge is 0.401 e. The van der Waals surface area contributed by atoms with Gasteiger partial charge in [0.25, 0.3) is 11.6 Å². The van der Waals surface area contributed by atoms with Crippen molar-refractivity contribution in [2.45, 2.75) is 25.7 Å². The number of nitrogens with two attached hydrogens (primary N) is 4. The van der Waals surface area contributed by atoms with Crippen molar-refractivity contribution in [3.05, 3.63) is 99.0 Å². The number of allylic oxidation sites excluding steroid dienone is 1. The minimum absolute atomic E-state index is 0.0670. The van der Waals surface area contributed by atoms with Gasteiger partial charge in [-0.25, -0.2) is 4.39 Å². The molecule has 58 heavy (non-hydrogen) atoms. The predicted octanol–water partition coefficient (Wildman–Crippen LogP) is 0.364. The number of primary amides is 3. The van der Waals surface area contributed by atoms with Gasteiger partial charge in [-0.2, -0.15) is 19.7 Å². The summed E-state index contributed by atoms with van der Waals surface area (Å²) in [5.41, 5.74) is 25.1. The van der Waals surface area contributed by atoms with E-state index in [0.29, 0.717) is 41.3 Å². The van der Waals surface area contributed by atoms with Crippen molar-refractivity contribution < 1.29 is 23.7 Å². The molecule has 0 spiro atoms. The van der Waals surface area contributed by atoms with Crippen LogP contribution in [0, 0.1) is 27.3 Å². The number of carbonyl (C=O) groups is 3. The number of fused-ring (bicyclic) bond motifs is 1. The molecular formula is C34H35FN18O5. The fourth-order valence-corrected chi connectivity index (χ4v) is 5.05. The lowest BCUT2D eigenvalue weighted by atomic mass is 9.96. The van der Waals surface area contributed by atoms with E-state index in [1.54, 1.807) is 46.3 Å². The number of rotatable bonds is 8. The second-order valence-electron chi connectivity index (χ2n) is 11.9. The van der Waals surface area contributed by atoms with Gasteiger partial charge in [0.1, 0.15) is 5.82 Å². The van der Waals surface area contributed by atoms with Crippen LogP contribution in [0.3, 0.4) is 0 Å². The van der Waals surface area contributed by atoms with E-state index in [1.807, 2.05) is 18.2 Å². The Morgan fingerprint density at radius 2 is 1.29 bits per heavy atom. The molecule has 0 fully saturated rings. The van der Waals surface area contributed by atoms with Crippen molar-refractivity contribution in [3.8, 4) is 40.2 Å². The standard InChI is InChI=1S/C12H12N6O.C11H9N7O3.C8H7FN4.C3H7NO/c1-18-16-12(15-17-18)6-2-3-8-7(4-6)5-9(13)10(8)11(14)19;1-17-15-11(14-16-17)6-2-3-7(8(5-12)10(13)19)9(4-6)18(20)21;1-13-11-8(10-12-13)6-2-4-7(9)5-3-6;1-2-3(4)5/h2-4H,5,13H2,1H3,(H2,14,19);2-4,8H,1H3,(H2,13,19);2-5H,1H3;2H2,1H3,(H2,4,5). The summed E-state index contributed by atoms with van der Waals surface area (Å²) in [7, 11) is 4.94. The zero-order chi connectivity index (χ0) is 42.7. The van der Waals surface area contributed by atoms with Gasteiger partial charge < -0.3 is 22.9 Å². The number of hydrogen-bond donors (Lipinski definition) is 4. The van der Waals surface area contributed by atoms with Crippen molar-refractivity contribution in [1.82, 2.24) is 60.6 Å². The highest BCUT2D eigenvalue weighted by atomic mass is 19.1. The van der Waals surface area contributed by atoms with E-state index < -0.39 is 28.3 Å². The van der Waals surface area contributed by atoms with Crippen molar-refractivity contribution in [3.63, 3.8) is 0 Å². The van der Waals surface area contributed by atoms with Crippen molar-refractivity contribution in [1.29, 1.82) is 5.26 Å². The van der Waals surface area contributed by atoms with E-state index in [0.717, 1.165) is 22.3 Å². The highest BCUT2D eigenvalue weighted by Gasteiger charge is 2.28. The number of amides is 3. The van der Waals surface area contributed by atoms with Gasteiger partial charge in [-0.15, -0.1) is 30.6 Å². The summed E-state index contributed by atoms with van der Waals surface area (Å²) in [5.74, 6) is -2.13. The van der Waals surface area contributed by atoms with Gasteiger partial charge in [0.05, 0.1) is 43.3 Å². The van der Waals surface area contributed by atoms with Crippen molar-refractivity contribution >= 4 is 29.0 Å². The Morgan fingerprint density at radius 1 is 0.828 bits per heavy atom. The Morgan fingerprint density at radius 3 is 1.71 bits per heavy atom. The number of hydrogen-bond acceptors (Lipinski definition) is 16. The number of benzene rings is 3. The monoisotopic (exact) mass is 794 g/mol. The summed E-state index contributed by atoms with van der Waals surface area (Å²) in [5, 5.41) is 54.7. The molecule has 1 aliphatic carbocycles. The van der Waals surface area contributed by atoms with E-state index in [2.05, 4.69) is 52.0 Å². The smallest absolute Gasteiger partial charge is 0.275 e. The Hall–Kier alpha value is -8.36. The summed E-state index contributed by atoms with van der Waals surface area (Å²) in [6.45, 7) is 1.72. The number of halogens is 1. The number of carbonyl (C=O) groups excluding carboxylic acids is 3. The zero-order valence-corrected chi connectivity index (χ0v) is 31.3. The zero-order valence-electron chi connectivity index (χ0n) is 31.3. The molecule has 0 radical (unpaired) electrons. The third-order valence-electron chi connectivity index (χ3n) is 7.77. The number of nitrogens with zero attached hydrogens (tertiary/aromatic N) is 14. The third-order valence-corrected chi connectivity index (χ3v) is 7.77. The van der Waals surface area contributed by atoms with Crippen LogP contribution in [-0.4, -0.2) is 83.3 Å². The highest BCUT2D eigenvalue weighted by Crippen LogP contribution is 2.33. The lowest BCUT2D eigenvalue weighted by molar-refractivity contribution is -0.385. The van der Waals surface area contributed by atoms with Crippen LogP contribution in [0.5, 0.6) is 0 Å².